The van der Waals surface area contributed by atoms with E-state index in [0.717, 1.165) is 13.8 Å². The third-order valence-electron chi connectivity index (χ3n) is 10.6. The number of hydrogen-bond donors (Lipinski definition) is 15. The van der Waals surface area contributed by atoms with E-state index in [-0.39, 0.29) is 30.8 Å². The van der Waals surface area contributed by atoms with E-state index in [1.54, 1.807) is 30.3 Å². The van der Waals surface area contributed by atoms with Crippen molar-refractivity contribution in [2.45, 2.75) is 113 Å². The normalized spacial score (nSPS) is 15.3. The Morgan fingerprint density at radius 1 is 0.457 bits per heavy atom. The lowest BCUT2D eigenvalue weighted by Crippen LogP contribution is -2.63. The molecule has 7 amide bonds. The van der Waals surface area contributed by atoms with Crippen LogP contribution < -0.4 is 43.0 Å². The summed E-state index contributed by atoms with van der Waals surface area (Å²) in [5.74, 6) is -10.6. The molecule has 24 heteroatoms. The standard InChI is InChI=1S/C46H60N8O16/c1-23(55)37(44(67)49-31(17-18-36(61)62)40(63)50-33(21-28-11-15-30(59)16-12-28)43(66)54-39(25(3)57)46(69)70)53-42(65)34(19-26-7-5-4-6-8-26)51-45(68)38(24(2)56)52-41(64)32(48-35(60)22-47)20-27-9-13-29(58)14-10-27/h4-16,23-25,31-34,37-39,55-59H,17-22,47H2,1-3H3,(H,48,60)(H,49,67)(H,50,63)(H,51,68)(H,52,64)(H,53,65)(H,54,66)(H,61,62)(H,69,70)/t23-,24-,25-,31+,32+,33+,34+,37+,38+,39+/m1/s1. The molecule has 0 aromatic heterocycles. The van der Waals surface area contributed by atoms with E-state index in [0.29, 0.717) is 16.7 Å². The molecule has 3 aromatic rings. The molecule has 0 saturated heterocycles. The van der Waals surface area contributed by atoms with Crippen LogP contribution in [-0.4, -0.2) is 156 Å². The molecular formula is C46H60N8O16. The zero-order valence-electron chi connectivity index (χ0n) is 38.4. The van der Waals surface area contributed by atoms with Gasteiger partial charge in [-0.1, -0.05) is 54.6 Å². The molecule has 380 valence electrons. The number of carboxylic acids is 2. The van der Waals surface area contributed by atoms with E-state index >= 15 is 0 Å². The second kappa shape index (κ2) is 27.4. The van der Waals surface area contributed by atoms with Gasteiger partial charge in [0, 0.05) is 25.7 Å². The number of rotatable bonds is 27. The van der Waals surface area contributed by atoms with Crippen molar-refractivity contribution in [2.24, 2.45) is 5.73 Å². The number of hydrogen-bond acceptors (Lipinski definition) is 15. The van der Waals surface area contributed by atoms with Gasteiger partial charge in [-0.2, -0.15) is 0 Å². The summed E-state index contributed by atoms with van der Waals surface area (Å²) in [7, 11) is 0. The molecule has 0 radical (unpaired) electrons. The summed E-state index contributed by atoms with van der Waals surface area (Å²) in [6.07, 6.45) is -7.04. The van der Waals surface area contributed by atoms with Gasteiger partial charge in [-0.25, -0.2) is 4.79 Å². The van der Waals surface area contributed by atoms with Crippen molar-refractivity contribution < 1.29 is 78.9 Å². The zero-order chi connectivity index (χ0) is 52.2. The maximum absolute atomic E-state index is 14.1. The summed E-state index contributed by atoms with van der Waals surface area (Å²) in [5.41, 5.74) is 6.75. The number of nitrogens with two attached hydrogens (primary N) is 1. The summed E-state index contributed by atoms with van der Waals surface area (Å²) >= 11 is 0. The molecule has 0 aliphatic carbocycles. The van der Waals surface area contributed by atoms with Crippen molar-refractivity contribution >= 4 is 53.3 Å². The van der Waals surface area contributed by atoms with Crippen molar-refractivity contribution in [3.05, 3.63) is 95.6 Å². The number of benzene rings is 3. The van der Waals surface area contributed by atoms with E-state index in [9.17, 15) is 78.9 Å². The summed E-state index contributed by atoms with van der Waals surface area (Å²) in [5, 5.41) is 86.3. The molecule has 0 bridgehead atoms. The van der Waals surface area contributed by atoms with Gasteiger partial charge in [0.1, 0.15) is 47.8 Å². The Labute approximate surface area is 401 Å². The summed E-state index contributed by atoms with van der Waals surface area (Å²) < 4.78 is 0. The van der Waals surface area contributed by atoms with Gasteiger partial charge in [-0.15, -0.1) is 0 Å². The van der Waals surface area contributed by atoms with Crippen molar-refractivity contribution in [3.8, 4) is 11.5 Å². The molecule has 16 N–H and O–H groups in total. The molecule has 3 rings (SSSR count). The quantitative estimate of drug-likeness (QED) is 0.0353. The predicted octanol–water partition coefficient (Wildman–Crippen LogP) is -3.43. The Hall–Kier alpha value is -7.67. The Morgan fingerprint density at radius 2 is 0.800 bits per heavy atom. The maximum atomic E-state index is 14.1. The second-order valence-electron chi connectivity index (χ2n) is 16.4. The van der Waals surface area contributed by atoms with Crippen LogP contribution in [0.1, 0.15) is 50.3 Å². The number of amides is 7. The SMILES string of the molecule is C[C@@H](O)[C@H](NC(=O)[C@H](Cc1ccc(O)cc1)NC(=O)[C@H](CCC(=O)O)NC(=O)[C@@H](NC(=O)[C@H](Cc1ccccc1)NC(=O)[C@@H](NC(=O)[C@H](Cc1ccc(O)cc1)NC(=O)CN)[C@@H](C)O)[C@@H](C)O)C(=O)O. The number of phenols is 2. The van der Waals surface area contributed by atoms with Gasteiger partial charge in [0.25, 0.3) is 0 Å². The predicted molar refractivity (Wildman–Crippen MR) is 246 cm³/mol. The largest absolute Gasteiger partial charge is 0.508 e. The van der Waals surface area contributed by atoms with Crippen LogP contribution in [0.3, 0.4) is 0 Å². The number of aliphatic carboxylic acids is 2. The number of aliphatic hydroxyl groups excluding tert-OH is 3. The first-order valence-corrected chi connectivity index (χ1v) is 21.9. The zero-order valence-corrected chi connectivity index (χ0v) is 38.4. The molecule has 0 aliphatic heterocycles. The minimum Gasteiger partial charge on any atom is -0.508 e. The molecule has 0 saturated carbocycles. The number of aromatic hydroxyl groups is 2. The molecular weight excluding hydrogens is 921 g/mol. The highest BCUT2D eigenvalue weighted by molar-refractivity contribution is 5.98. The fourth-order valence-electron chi connectivity index (χ4n) is 6.76. The van der Waals surface area contributed by atoms with Crippen molar-refractivity contribution in [2.75, 3.05) is 6.54 Å². The van der Waals surface area contributed by atoms with Gasteiger partial charge in [-0.3, -0.25) is 38.4 Å². The van der Waals surface area contributed by atoms with Crippen LogP contribution >= 0.6 is 0 Å². The Kier molecular flexibility index (Phi) is 22.1. The summed E-state index contributed by atoms with van der Waals surface area (Å²) in [6.45, 7) is 2.86. The number of aliphatic hydroxyl groups is 3. The first kappa shape index (κ1) is 56.7. The van der Waals surface area contributed by atoms with Gasteiger partial charge in [-0.05, 0) is 68.1 Å². The molecule has 0 spiro atoms. The number of phenolic OH excluding ortho intramolecular Hbond substituents is 2. The van der Waals surface area contributed by atoms with Crippen molar-refractivity contribution in [1.29, 1.82) is 0 Å². The van der Waals surface area contributed by atoms with E-state index in [2.05, 4.69) is 37.2 Å². The number of carbonyl (C=O) groups is 9. The highest BCUT2D eigenvalue weighted by Gasteiger charge is 2.37. The van der Waals surface area contributed by atoms with E-state index < -0.39 is 133 Å². The first-order valence-electron chi connectivity index (χ1n) is 21.9. The molecule has 70 heavy (non-hydrogen) atoms. The first-order chi connectivity index (χ1) is 33.0. The van der Waals surface area contributed by atoms with Crippen LogP contribution in [0, 0.1) is 0 Å². The fraction of sp³-hybridized carbons (Fsp3) is 0.413. The number of carbonyl (C=O) groups excluding carboxylic acids is 7. The van der Waals surface area contributed by atoms with Gasteiger partial charge in [0.15, 0.2) is 6.04 Å². The summed E-state index contributed by atoms with van der Waals surface area (Å²) in [6, 6.07) is 7.24. The van der Waals surface area contributed by atoms with Gasteiger partial charge < -0.3 is 78.7 Å². The molecule has 10 atom stereocenters. The molecule has 3 aromatic carbocycles. The highest BCUT2D eigenvalue weighted by atomic mass is 16.4. The average Bonchev–Trinajstić information content (AvgIpc) is 3.30. The van der Waals surface area contributed by atoms with E-state index in [1.165, 1.54) is 55.5 Å². The second-order valence-corrected chi connectivity index (χ2v) is 16.4. The van der Waals surface area contributed by atoms with Crippen LogP contribution in [0.2, 0.25) is 0 Å². The Bertz CT molecular complexity index is 2280. The van der Waals surface area contributed by atoms with Crippen molar-refractivity contribution in [1.82, 2.24) is 37.2 Å². The lowest BCUT2D eigenvalue weighted by molar-refractivity contribution is -0.145. The van der Waals surface area contributed by atoms with Crippen LogP contribution in [0.5, 0.6) is 11.5 Å². The maximum Gasteiger partial charge on any atom is 0.328 e. The van der Waals surface area contributed by atoms with Crippen molar-refractivity contribution in [3.63, 3.8) is 0 Å². The summed E-state index contributed by atoms with van der Waals surface area (Å²) in [4.78, 5) is 119. The molecule has 0 fully saturated rings. The lowest BCUT2D eigenvalue weighted by atomic mass is 10.0. The fourth-order valence-corrected chi connectivity index (χ4v) is 6.76. The van der Waals surface area contributed by atoms with Gasteiger partial charge in [0.05, 0.1) is 24.9 Å². The molecule has 0 aliphatic rings. The minimum absolute atomic E-state index is 0.0659. The minimum atomic E-state index is -1.92. The molecule has 24 nitrogen and oxygen atoms in total. The lowest BCUT2D eigenvalue weighted by Gasteiger charge is -2.29. The van der Waals surface area contributed by atoms with Crippen LogP contribution in [-0.2, 0) is 62.4 Å². The average molecular weight is 981 g/mol. The van der Waals surface area contributed by atoms with Crippen LogP contribution in [0.15, 0.2) is 78.9 Å². The Morgan fingerprint density at radius 3 is 1.17 bits per heavy atom. The smallest absolute Gasteiger partial charge is 0.328 e. The monoisotopic (exact) mass is 980 g/mol. The van der Waals surface area contributed by atoms with E-state index in [4.69, 9.17) is 5.73 Å². The number of carboxylic acid groups (broad SMARTS) is 2. The van der Waals surface area contributed by atoms with Crippen LogP contribution in [0.4, 0.5) is 0 Å². The number of nitrogens with one attached hydrogen (secondary N) is 7. The topological polar surface area (TPSA) is 405 Å². The van der Waals surface area contributed by atoms with Gasteiger partial charge >= 0.3 is 11.9 Å². The van der Waals surface area contributed by atoms with Gasteiger partial charge in [0.2, 0.25) is 41.4 Å². The Balaban J connectivity index is 1.91. The third-order valence-corrected chi connectivity index (χ3v) is 10.6. The molecule has 0 heterocycles. The third kappa shape index (κ3) is 18.4. The van der Waals surface area contributed by atoms with Crippen LogP contribution in [0.25, 0.3) is 0 Å². The highest BCUT2D eigenvalue weighted by Crippen LogP contribution is 2.15. The molecule has 0 unspecified atom stereocenters. The van der Waals surface area contributed by atoms with E-state index in [1.807, 2.05) is 0 Å².